The van der Waals surface area contributed by atoms with E-state index in [0.717, 1.165) is 0 Å². The van der Waals surface area contributed by atoms with Crippen molar-refractivity contribution in [2.45, 2.75) is 0 Å². The van der Waals surface area contributed by atoms with Gasteiger partial charge < -0.3 is 5.73 Å². The van der Waals surface area contributed by atoms with Gasteiger partial charge in [0.15, 0.2) is 0 Å². The molecule has 0 aliphatic carbocycles. The molecule has 0 fully saturated rings. The van der Waals surface area contributed by atoms with Crippen molar-refractivity contribution in [2.75, 3.05) is 5.73 Å². The van der Waals surface area contributed by atoms with Gasteiger partial charge in [-0.2, -0.15) is 10.5 Å². The molecule has 2 aromatic carbocycles. The topological polar surface area (TPSA) is 98.3 Å². The molecular formula is C14H9N5. The molecule has 5 nitrogen and oxygen atoms in total. The van der Waals surface area contributed by atoms with Crippen LogP contribution in [0.3, 0.4) is 0 Å². The number of anilines is 1. The minimum absolute atomic E-state index is 0.346. The second-order valence-corrected chi connectivity index (χ2v) is 3.72. The number of nitrogens with zero attached hydrogens (tertiary/aromatic N) is 4. The van der Waals surface area contributed by atoms with E-state index < -0.39 is 0 Å². The first-order chi connectivity index (χ1) is 9.24. The molecule has 0 radical (unpaired) electrons. The van der Waals surface area contributed by atoms with Gasteiger partial charge in [-0.05, 0) is 30.3 Å². The minimum Gasteiger partial charge on any atom is -0.399 e. The van der Waals surface area contributed by atoms with Gasteiger partial charge in [0.1, 0.15) is 23.5 Å². The molecule has 0 spiro atoms. The Hall–Kier alpha value is -3.18. The van der Waals surface area contributed by atoms with Gasteiger partial charge in [-0.3, -0.25) is 0 Å². The van der Waals surface area contributed by atoms with E-state index >= 15 is 0 Å². The zero-order valence-corrected chi connectivity index (χ0v) is 9.91. The zero-order chi connectivity index (χ0) is 13.7. The van der Waals surface area contributed by atoms with Gasteiger partial charge in [0.2, 0.25) is 0 Å². The predicted molar refractivity (Wildman–Crippen MR) is 70.9 cm³/mol. The molecule has 0 aliphatic rings. The Balaban J connectivity index is 2.39. The van der Waals surface area contributed by atoms with Gasteiger partial charge in [-0.1, -0.05) is 12.1 Å². The normalized spacial score (nSPS) is 10.0. The lowest BCUT2D eigenvalue weighted by Gasteiger charge is -1.99. The SMILES string of the molecule is N#Cc1ccccc1N=Nc1ccc(N)cc1C#N. The molecule has 2 N–H and O–H groups in total. The molecular weight excluding hydrogens is 238 g/mol. The Kier molecular flexibility index (Phi) is 3.51. The van der Waals surface area contributed by atoms with Crippen molar-refractivity contribution < 1.29 is 0 Å². The molecule has 5 heteroatoms. The van der Waals surface area contributed by atoms with Gasteiger partial charge in [0.25, 0.3) is 0 Å². The summed E-state index contributed by atoms with van der Waals surface area (Å²) in [5, 5.41) is 25.9. The third-order valence-electron chi connectivity index (χ3n) is 2.43. The monoisotopic (exact) mass is 247 g/mol. The number of nitriles is 2. The Bertz CT molecular complexity index is 719. The number of rotatable bonds is 2. The lowest BCUT2D eigenvalue weighted by molar-refractivity contribution is 1.21. The first-order valence-electron chi connectivity index (χ1n) is 5.45. The first kappa shape index (κ1) is 12.3. The quantitative estimate of drug-likeness (QED) is 0.650. The van der Waals surface area contributed by atoms with Crippen LogP contribution >= 0.6 is 0 Å². The highest BCUT2D eigenvalue weighted by Gasteiger charge is 2.02. The molecule has 0 saturated heterocycles. The molecule has 2 rings (SSSR count). The average Bonchev–Trinajstić information content (AvgIpc) is 2.46. The van der Waals surface area contributed by atoms with Gasteiger partial charge in [-0.25, -0.2) is 0 Å². The fraction of sp³-hybridized carbons (Fsp3) is 0. The van der Waals surface area contributed by atoms with Crippen LogP contribution in [-0.4, -0.2) is 0 Å². The van der Waals surface area contributed by atoms with Crippen molar-refractivity contribution in [3.8, 4) is 12.1 Å². The van der Waals surface area contributed by atoms with Crippen molar-refractivity contribution >= 4 is 17.1 Å². The van der Waals surface area contributed by atoms with Gasteiger partial charge >= 0.3 is 0 Å². The van der Waals surface area contributed by atoms with Crippen LogP contribution in [0.4, 0.5) is 17.1 Å². The summed E-state index contributed by atoms with van der Waals surface area (Å²) >= 11 is 0. The fourth-order valence-corrected chi connectivity index (χ4v) is 1.49. The molecule has 19 heavy (non-hydrogen) atoms. The lowest BCUT2D eigenvalue weighted by Crippen LogP contribution is -1.85. The van der Waals surface area contributed by atoms with Crippen LogP contribution in [0.15, 0.2) is 52.7 Å². The van der Waals surface area contributed by atoms with Crippen molar-refractivity contribution in [3.63, 3.8) is 0 Å². The maximum absolute atomic E-state index is 8.98. The highest BCUT2D eigenvalue weighted by Crippen LogP contribution is 2.25. The maximum Gasteiger partial charge on any atom is 0.104 e. The smallest absolute Gasteiger partial charge is 0.104 e. The predicted octanol–water partition coefficient (Wildman–Crippen LogP) is 3.43. The molecule has 0 saturated carbocycles. The second kappa shape index (κ2) is 5.44. The maximum atomic E-state index is 8.98. The fourth-order valence-electron chi connectivity index (χ4n) is 1.49. The van der Waals surface area contributed by atoms with Crippen molar-refractivity contribution in [3.05, 3.63) is 53.6 Å². The standard InChI is InChI=1S/C14H9N5/c15-8-10-3-1-2-4-13(10)18-19-14-6-5-12(17)7-11(14)9-16/h1-7H,17H2. The Labute approximate surface area is 110 Å². The highest BCUT2D eigenvalue weighted by atomic mass is 15.1. The van der Waals surface area contributed by atoms with E-state index in [9.17, 15) is 0 Å². The van der Waals surface area contributed by atoms with Crippen LogP contribution in [0.5, 0.6) is 0 Å². The summed E-state index contributed by atoms with van der Waals surface area (Å²) in [6.45, 7) is 0. The number of nitrogens with two attached hydrogens (primary N) is 1. The van der Waals surface area contributed by atoms with E-state index in [-0.39, 0.29) is 0 Å². The molecule has 2 aromatic rings. The second-order valence-electron chi connectivity index (χ2n) is 3.72. The Morgan fingerprint density at radius 2 is 1.47 bits per heavy atom. The summed E-state index contributed by atoms with van der Waals surface area (Å²) in [6.07, 6.45) is 0. The highest BCUT2D eigenvalue weighted by molar-refractivity contribution is 5.60. The van der Waals surface area contributed by atoms with E-state index in [4.69, 9.17) is 16.3 Å². The van der Waals surface area contributed by atoms with E-state index in [1.807, 2.05) is 12.1 Å². The van der Waals surface area contributed by atoms with Crippen LogP contribution in [0.2, 0.25) is 0 Å². The number of benzene rings is 2. The van der Waals surface area contributed by atoms with Crippen molar-refractivity contribution in [1.82, 2.24) is 0 Å². The molecule has 0 atom stereocenters. The lowest BCUT2D eigenvalue weighted by atomic mass is 10.2. The van der Waals surface area contributed by atoms with E-state index in [1.54, 1.807) is 36.4 Å². The summed E-state index contributed by atoms with van der Waals surface area (Å²) in [5.41, 5.74) is 7.74. The van der Waals surface area contributed by atoms with Crippen LogP contribution in [0.25, 0.3) is 0 Å². The Morgan fingerprint density at radius 1 is 0.842 bits per heavy atom. The van der Waals surface area contributed by atoms with E-state index in [0.29, 0.717) is 28.2 Å². The molecule has 0 amide bonds. The summed E-state index contributed by atoms with van der Waals surface area (Å²) in [4.78, 5) is 0. The van der Waals surface area contributed by atoms with Crippen LogP contribution in [0.1, 0.15) is 11.1 Å². The number of azo groups is 1. The Morgan fingerprint density at radius 3 is 2.16 bits per heavy atom. The summed E-state index contributed by atoms with van der Waals surface area (Å²) in [6, 6.07) is 15.7. The van der Waals surface area contributed by atoms with Gasteiger partial charge in [-0.15, -0.1) is 10.2 Å². The van der Waals surface area contributed by atoms with Crippen LogP contribution in [0, 0.1) is 22.7 Å². The van der Waals surface area contributed by atoms with Crippen molar-refractivity contribution in [2.24, 2.45) is 10.2 Å². The zero-order valence-electron chi connectivity index (χ0n) is 9.91. The average molecular weight is 247 g/mol. The molecule has 0 unspecified atom stereocenters. The number of hydrogen-bond acceptors (Lipinski definition) is 5. The summed E-state index contributed by atoms with van der Waals surface area (Å²) in [7, 11) is 0. The minimum atomic E-state index is 0.346. The third-order valence-corrected chi connectivity index (χ3v) is 2.43. The summed E-state index contributed by atoms with van der Waals surface area (Å²) < 4.78 is 0. The molecule has 0 aromatic heterocycles. The number of hydrogen-bond donors (Lipinski definition) is 1. The third kappa shape index (κ3) is 2.74. The molecule has 0 bridgehead atoms. The van der Waals surface area contributed by atoms with E-state index in [1.165, 1.54) is 6.07 Å². The largest absolute Gasteiger partial charge is 0.399 e. The summed E-state index contributed by atoms with van der Waals surface area (Å²) in [5.74, 6) is 0. The first-order valence-corrected chi connectivity index (χ1v) is 5.45. The van der Waals surface area contributed by atoms with Gasteiger partial charge in [0.05, 0.1) is 11.1 Å². The molecule has 90 valence electrons. The number of nitrogen functional groups attached to an aromatic ring is 1. The molecule has 0 heterocycles. The van der Waals surface area contributed by atoms with Crippen LogP contribution < -0.4 is 5.73 Å². The van der Waals surface area contributed by atoms with E-state index in [2.05, 4.69) is 10.2 Å². The van der Waals surface area contributed by atoms with Crippen LogP contribution in [-0.2, 0) is 0 Å². The molecule has 0 aliphatic heterocycles. The van der Waals surface area contributed by atoms with Gasteiger partial charge in [0, 0.05) is 5.69 Å². The van der Waals surface area contributed by atoms with Crippen molar-refractivity contribution in [1.29, 1.82) is 10.5 Å².